The first-order chi connectivity index (χ1) is 18.0. The van der Waals surface area contributed by atoms with Crippen LogP contribution in [-0.2, 0) is 17.4 Å². The number of aryl methyl sites for hydroxylation is 1. The maximum atomic E-state index is 13.8. The third kappa shape index (κ3) is 6.07. The summed E-state index contributed by atoms with van der Waals surface area (Å²) in [5.41, 5.74) is -0.897. The third-order valence-electron chi connectivity index (χ3n) is 6.17. The second-order valence-electron chi connectivity index (χ2n) is 8.82. The first-order valence-electron chi connectivity index (χ1n) is 11.8. The van der Waals surface area contributed by atoms with Gasteiger partial charge in [0.1, 0.15) is 11.6 Å². The van der Waals surface area contributed by atoms with Crippen molar-refractivity contribution >= 4 is 45.8 Å². The number of carboxylic acid groups (broad SMARTS) is 1. The molecule has 0 atom stereocenters. The zero-order valence-corrected chi connectivity index (χ0v) is 21.7. The van der Waals surface area contributed by atoms with Crippen LogP contribution in [0.3, 0.4) is 0 Å². The van der Waals surface area contributed by atoms with E-state index in [1.165, 1.54) is 18.3 Å². The van der Waals surface area contributed by atoms with Crippen molar-refractivity contribution in [2.24, 2.45) is 5.92 Å². The van der Waals surface area contributed by atoms with Crippen molar-refractivity contribution in [2.45, 2.75) is 38.8 Å². The summed E-state index contributed by atoms with van der Waals surface area (Å²) in [5, 5.41) is 12.2. The number of pyridine rings is 1. The Balaban J connectivity index is 1.53. The molecule has 1 aromatic carbocycles. The van der Waals surface area contributed by atoms with E-state index in [4.69, 9.17) is 16.7 Å². The quantitative estimate of drug-likeness (QED) is 0.314. The van der Waals surface area contributed by atoms with E-state index in [2.05, 4.69) is 15.3 Å². The highest BCUT2D eigenvalue weighted by molar-refractivity contribution is 7.16. The van der Waals surface area contributed by atoms with Gasteiger partial charge in [0.25, 0.3) is 5.91 Å². The molecule has 1 fully saturated rings. The Morgan fingerprint density at radius 3 is 2.55 bits per heavy atom. The van der Waals surface area contributed by atoms with Crippen LogP contribution in [0.4, 0.5) is 28.5 Å². The summed E-state index contributed by atoms with van der Waals surface area (Å²) in [6.45, 7) is 2.83. The first-order valence-corrected chi connectivity index (χ1v) is 13.0. The summed E-state index contributed by atoms with van der Waals surface area (Å²) in [5.74, 6) is -2.73. The van der Waals surface area contributed by atoms with Crippen molar-refractivity contribution in [1.82, 2.24) is 9.97 Å². The smallest absolute Gasteiger partial charge is 0.419 e. The summed E-state index contributed by atoms with van der Waals surface area (Å²) in [6.07, 6.45) is -1.41. The Morgan fingerprint density at radius 2 is 1.95 bits per heavy atom. The van der Waals surface area contributed by atoms with Crippen molar-refractivity contribution < 1.29 is 32.3 Å². The molecule has 4 rings (SSSR count). The summed E-state index contributed by atoms with van der Waals surface area (Å²) in [6, 6.07) is 4.15. The van der Waals surface area contributed by atoms with Gasteiger partial charge in [-0.25, -0.2) is 14.4 Å². The molecular formula is C25H23ClF4N4O3S. The second-order valence-corrected chi connectivity index (χ2v) is 10.3. The number of benzene rings is 1. The normalized spacial score (nSPS) is 14.5. The lowest BCUT2D eigenvalue weighted by molar-refractivity contribution is -0.142. The molecule has 3 aromatic rings. The second kappa shape index (κ2) is 11.2. The number of halogens is 5. The van der Waals surface area contributed by atoms with E-state index in [1.54, 1.807) is 0 Å². The molecule has 0 unspecified atom stereocenters. The highest BCUT2D eigenvalue weighted by Gasteiger charge is 2.34. The molecule has 3 heterocycles. The van der Waals surface area contributed by atoms with Gasteiger partial charge in [-0.05, 0) is 43.5 Å². The predicted molar refractivity (Wildman–Crippen MR) is 136 cm³/mol. The van der Waals surface area contributed by atoms with Crippen LogP contribution in [0.1, 0.15) is 47.0 Å². The number of carbonyl (C=O) groups is 2. The topological polar surface area (TPSA) is 95.4 Å². The fraction of sp³-hybridized carbons (Fsp3) is 0.360. The summed E-state index contributed by atoms with van der Waals surface area (Å²) in [4.78, 5) is 35.2. The molecule has 38 heavy (non-hydrogen) atoms. The molecule has 2 N–H and O–H groups in total. The fourth-order valence-electron chi connectivity index (χ4n) is 4.21. The SMILES string of the molecule is CCCc1sc(NC(=O)c2cnc(N3CCC(C(=O)O)CC3)c(Cl)c2)nc1-c1ccc(F)c(C(F)(F)F)c1. The molecule has 0 spiro atoms. The van der Waals surface area contributed by atoms with Crippen LogP contribution in [0.5, 0.6) is 0 Å². The van der Waals surface area contributed by atoms with Crippen molar-refractivity contribution in [3.05, 3.63) is 57.3 Å². The zero-order valence-electron chi connectivity index (χ0n) is 20.1. The van der Waals surface area contributed by atoms with E-state index in [9.17, 15) is 27.2 Å². The number of piperidine rings is 1. The number of thiazole rings is 1. The summed E-state index contributed by atoms with van der Waals surface area (Å²) >= 11 is 7.51. The van der Waals surface area contributed by atoms with Crippen LogP contribution in [0.2, 0.25) is 5.02 Å². The molecule has 1 amide bonds. The largest absolute Gasteiger partial charge is 0.481 e. The highest BCUT2D eigenvalue weighted by Crippen LogP contribution is 2.37. The minimum Gasteiger partial charge on any atom is -0.481 e. The first kappa shape index (κ1) is 27.8. The lowest BCUT2D eigenvalue weighted by Crippen LogP contribution is -2.37. The number of aliphatic carboxylic acids is 1. The Hall–Kier alpha value is -3.25. The van der Waals surface area contributed by atoms with Gasteiger partial charge in [-0.2, -0.15) is 13.2 Å². The fourth-order valence-corrected chi connectivity index (χ4v) is 5.58. The Morgan fingerprint density at radius 1 is 1.24 bits per heavy atom. The molecular weight excluding hydrogens is 548 g/mol. The number of hydrogen-bond acceptors (Lipinski definition) is 6. The standard InChI is InChI=1S/C25H23ClF4N4O3S/c1-2-3-19-20(14-4-5-18(27)16(10-14)25(28,29)30)32-24(38-19)33-22(35)15-11-17(26)21(31-12-15)34-8-6-13(7-9-34)23(36)37/h4-5,10-13H,2-3,6-9H2,1H3,(H,36,37)(H,32,33,35). The van der Waals surface area contributed by atoms with Crippen LogP contribution in [-0.4, -0.2) is 40.0 Å². The van der Waals surface area contributed by atoms with Gasteiger partial charge in [0.2, 0.25) is 0 Å². The van der Waals surface area contributed by atoms with E-state index in [1.807, 2.05) is 11.8 Å². The molecule has 13 heteroatoms. The molecule has 0 bridgehead atoms. The van der Waals surface area contributed by atoms with E-state index < -0.39 is 35.4 Å². The number of hydrogen-bond donors (Lipinski definition) is 2. The van der Waals surface area contributed by atoms with E-state index >= 15 is 0 Å². The molecule has 1 aliphatic rings. The molecule has 0 radical (unpaired) electrons. The number of aromatic nitrogens is 2. The van der Waals surface area contributed by atoms with Crippen molar-refractivity contribution in [2.75, 3.05) is 23.3 Å². The molecule has 1 aliphatic heterocycles. The zero-order chi connectivity index (χ0) is 27.6. The number of rotatable bonds is 7. The molecule has 202 valence electrons. The van der Waals surface area contributed by atoms with Gasteiger partial charge in [0, 0.05) is 29.7 Å². The van der Waals surface area contributed by atoms with Gasteiger partial charge in [-0.3, -0.25) is 14.9 Å². The molecule has 0 aliphatic carbocycles. The molecule has 0 saturated carbocycles. The average Bonchev–Trinajstić information content (AvgIpc) is 3.25. The van der Waals surface area contributed by atoms with Gasteiger partial charge in [-0.15, -0.1) is 11.3 Å². The lowest BCUT2D eigenvalue weighted by Gasteiger charge is -2.31. The van der Waals surface area contributed by atoms with Gasteiger partial charge in [0.15, 0.2) is 5.13 Å². The minimum atomic E-state index is -4.86. The van der Waals surface area contributed by atoms with Crippen LogP contribution < -0.4 is 10.2 Å². The molecule has 1 saturated heterocycles. The van der Waals surface area contributed by atoms with Gasteiger partial charge in [-0.1, -0.05) is 24.9 Å². The monoisotopic (exact) mass is 570 g/mol. The Bertz CT molecular complexity index is 1360. The number of nitrogens with one attached hydrogen (secondary N) is 1. The Labute approximate surface area is 224 Å². The van der Waals surface area contributed by atoms with Gasteiger partial charge >= 0.3 is 12.1 Å². The van der Waals surface area contributed by atoms with Crippen LogP contribution in [0.25, 0.3) is 11.3 Å². The molecule has 7 nitrogen and oxygen atoms in total. The van der Waals surface area contributed by atoms with Gasteiger partial charge < -0.3 is 10.0 Å². The van der Waals surface area contributed by atoms with E-state index in [0.717, 1.165) is 23.5 Å². The van der Waals surface area contributed by atoms with E-state index in [-0.39, 0.29) is 27.0 Å². The number of carbonyl (C=O) groups excluding carboxylic acids is 1. The van der Waals surface area contributed by atoms with Crippen LogP contribution >= 0.6 is 22.9 Å². The van der Waals surface area contributed by atoms with Crippen molar-refractivity contribution in [3.8, 4) is 11.3 Å². The number of alkyl halides is 3. The van der Waals surface area contributed by atoms with E-state index in [0.29, 0.717) is 49.5 Å². The van der Waals surface area contributed by atoms with Crippen LogP contribution in [0.15, 0.2) is 30.5 Å². The number of nitrogens with zero attached hydrogens (tertiary/aromatic N) is 3. The number of anilines is 2. The van der Waals surface area contributed by atoms with Crippen molar-refractivity contribution in [1.29, 1.82) is 0 Å². The maximum Gasteiger partial charge on any atom is 0.419 e. The summed E-state index contributed by atoms with van der Waals surface area (Å²) < 4.78 is 53.5. The molecule has 2 aromatic heterocycles. The lowest BCUT2D eigenvalue weighted by atomic mass is 9.97. The minimum absolute atomic E-state index is 0.0969. The van der Waals surface area contributed by atoms with Crippen LogP contribution in [0, 0.1) is 11.7 Å². The average molecular weight is 571 g/mol. The predicted octanol–water partition coefficient (Wildman–Crippen LogP) is 6.52. The van der Waals surface area contributed by atoms with Crippen molar-refractivity contribution in [3.63, 3.8) is 0 Å². The van der Waals surface area contributed by atoms with Gasteiger partial charge in [0.05, 0.1) is 27.8 Å². The number of amides is 1. The Kier molecular flexibility index (Phi) is 8.22. The number of carboxylic acids is 1. The third-order valence-corrected chi connectivity index (χ3v) is 7.48. The summed E-state index contributed by atoms with van der Waals surface area (Å²) in [7, 11) is 0. The maximum absolute atomic E-state index is 13.8. The highest BCUT2D eigenvalue weighted by atomic mass is 35.5.